The summed E-state index contributed by atoms with van der Waals surface area (Å²) >= 11 is 12.1. The van der Waals surface area contributed by atoms with Gasteiger partial charge in [-0.3, -0.25) is 0 Å². The van der Waals surface area contributed by atoms with Gasteiger partial charge in [0.25, 0.3) is 0 Å². The van der Waals surface area contributed by atoms with Crippen LogP contribution in [0.3, 0.4) is 0 Å². The Hall–Kier alpha value is -2.92. The number of halogens is 2. The van der Waals surface area contributed by atoms with Gasteiger partial charge < -0.3 is 4.74 Å². The molecule has 3 aromatic rings. The van der Waals surface area contributed by atoms with Crippen LogP contribution < -0.4 is 4.74 Å². The van der Waals surface area contributed by atoms with Crippen LogP contribution in [-0.4, -0.2) is 7.11 Å². The van der Waals surface area contributed by atoms with E-state index in [1.165, 1.54) is 0 Å². The Morgan fingerprint density at radius 2 is 1.32 bits per heavy atom. The van der Waals surface area contributed by atoms with Crippen molar-refractivity contribution in [1.82, 2.24) is 0 Å². The fourth-order valence-corrected chi connectivity index (χ4v) is 2.99. The number of hydrogen-bond donors (Lipinski definition) is 0. The minimum absolute atomic E-state index is 0.684. The second kappa shape index (κ2) is 9.33. The summed E-state index contributed by atoms with van der Waals surface area (Å²) in [5.74, 6) is 7.26. The van der Waals surface area contributed by atoms with Crippen LogP contribution in [0.1, 0.15) is 16.7 Å². The van der Waals surface area contributed by atoms with Gasteiger partial charge in [0.1, 0.15) is 5.75 Å². The summed E-state index contributed by atoms with van der Waals surface area (Å²) in [6.45, 7) is 3.98. The van der Waals surface area contributed by atoms with Crippen molar-refractivity contribution in [3.05, 3.63) is 118 Å². The first-order valence-corrected chi connectivity index (χ1v) is 9.41. The fraction of sp³-hybridized carbons (Fsp3) is 0.0400. The third-order valence-electron chi connectivity index (χ3n) is 4.17. The van der Waals surface area contributed by atoms with E-state index >= 15 is 0 Å². The van der Waals surface area contributed by atoms with Gasteiger partial charge in [-0.1, -0.05) is 72.0 Å². The zero-order valence-electron chi connectivity index (χ0n) is 15.4. The second-order valence-electron chi connectivity index (χ2n) is 5.99. The summed E-state index contributed by atoms with van der Waals surface area (Å²) in [7, 11) is 1.64. The molecule has 0 N–H and O–H groups in total. The van der Waals surface area contributed by atoms with E-state index < -0.39 is 0 Å². The molecule has 0 radical (unpaired) electrons. The summed E-state index contributed by atoms with van der Waals surface area (Å²) < 4.78 is 5.19. The van der Waals surface area contributed by atoms with E-state index in [4.69, 9.17) is 27.9 Å². The number of benzene rings is 3. The SMILES string of the molecule is C=CC(C#Cc1ccc(OC)cc1)=C(c1ccc(Cl)cc1)c1ccc(Cl)cc1. The Bertz CT molecular complexity index is 1000. The van der Waals surface area contributed by atoms with E-state index in [0.29, 0.717) is 10.0 Å². The fourth-order valence-electron chi connectivity index (χ4n) is 2.74. The van der Waals surface area contributed by atoms with Crippen molar-refractivity contribution >= 4 is 28.8 Å². The number of methoxy groups -OCH3 is 1. The van der Waals surface area contributed by atoms with Crippen molar-refractivity contribution < 1.29 is 4.74 Å². The van der Waals surface area contributed by atoms with Crippen molar-refractivity contribution in [1.29, 1.82) is 0 Å². The topological polar surface area (TPSA) is 9.23 Å². The van der Waals surface area contributed by atoms with Gasteiger partial charge in [0.15, 0.2) is 0 Å². The van der Waals surface area contributed by atoms with Crippen molar-refractivity contribution in [2.75, 3.05) is 7.11 Å². The lowest BCUT2D eigenvalue weighted by Crippen LogP contribution is -1.92. The van der Waals surface area contributed by atoms with Crippen LogP contribution in [0.4, 0.5) is 0 Å². The largest absolute Gasteiger partial charge is 0.497 e. The molecule has 0 aliphatic rings. The summed E-state index contributed by atoms with van der Waals surface area (Å²) in [6.07, 6.45) is 1.77. The van der Waals surface area contributed by atoms with Gasteiger partial charge >= 0.3 is 0 Å². The summed E-state index contributed by atoms with van der Waals surface area (Å²) in [5, 5.41) is 1.37. The number of rotatable bonds is 4. The first-order chi connectivity index (χ1) is 13.6. The standard InChI is InChI=1S/C25H18Cl2O/c1-3-19(7-4-18-5-16-24(28-2)17-6-18)25(20-8-12-22(26)13-9-20)21-10-14-23(27)15-11-21/h3,5-6,8-17H,1H2,2H3. The Kier molecular flexibility index (Phi) is 6.61. The lowest BCUT2D eigenvalue weighted by molar-refractivity contribution is 0.415. The van der Waals surface area contributed by atoms with Gasteiger partial charge in [0.2, 0.25) is 0 Å². The van der Waals surface area contributed by atoms with E-state index in [9.17, 15) is 0 Å². The quantitative estimate of drug-likeness (QED) is 0.334. The Balaban J connectivity index is 2.12. The van der Waals surface area contributed by atoms with E-state index in [0.717, 1.165) is 33.6 Å². The first-order valence-electron chi connectivity index (χ1n) is 8.65. The number of hydrogen-bond acceptors (Lipinski definition) is 1. The van der Waals surface area contributed by atoms with Gasteiger partial charge in [0, 0.05) is 26.8 Å². The second-order valence-corrected chi connectivity index (χ2v) is 6.86. The van der Waals surface area contributed by atoms with Crippen LogP contribution in [0.15, 0.2) is 91.0 Å². The summed E-state index contributed by atoms with van der Waals surface area (Å²) in [5.41, 5.74) is 4.70. The molecule has 0 atom stereocenters. The Morgan fingerprint density at radius 3 is 1.75 bits per heavy atom. The maximum atomic E-state index is 6.07. The maximum Gasteiger partial charge on any atom is 0.118 e. The summed E-state index contributed by atoms with van der Waals surface area (Å²) in [6, 6.07) is 23.0. The molecule has 0 saturated carbocycles. The number of ether oxygens (including phenoxy) is 1. The van der Waals surface area contributed by atoms with Gasteiger partial charge in [-0.05, 0) is 59.7 Å². The minimum atomic E-state index is 0.684. The van der Waals surface area contributed by atoms with Crippen LogP contribution in [0.25, 0.3) is 5.57 Å². The van der Waals surface area contributed by atoms with E-state index in [1.807, 2.05) is 72.8 Å². The van der Waals surface area contributed by atoms with Crippen molar-refractivity contribution in [3.8, 4) is 17.6 Å². The third kappa shape index (κ3) is 4.87. The lowest BCUT2D eigenvalue weighted by Gasteiger charge is -2.11. The van der Waals surface area contributed by atoms with Gasteiger partial charge in [-0.2, -0.15) is 0 Å². The van der Waals surface area contributed by atoms with E-state index in [2.05, 4.69) is 18.4 Å². The Morgan fingerprint density at radius 1 is 0.821 bits per heavy atom. The molecule has 0 aliphatic heterocycles. The predicted molar refractivity (Wildman–Crippen MR) is 119 cm³/mol. The van der Waals surface area contributed by atoms with Gasteiger partial charge in [0.05, 0.1) is 7.11 Å². The highest BCUT2D eigenvalue weighted by molar-refractivity contribution is 6.31. The highest BCUT2D eigenvalue weighted by atomic mass is 35.5. The molecule has 28 heavy (non-hydrogen) atoms. The van der Waals surface area contributed by atoms with Crippen molar-refractivity contribution in [2.45, 2.75) is 0 Å². The van der Waals surface area contributed by atoms with Crippen LogP contribution in [0, 0.1) is 11.8 Å². The molecule has 0 unspecified atom stereocenters. The third-order valence-corrected chi connectivity index (χ3v) is 4.67. The predicted octanol–water partition coefficient (Wildman–Crippen LogP) is 7.04. The molecule has 3 heteroatoms. The molecule has 1 nitrogen and oxygen atoms in total. The van der Waals surface area contributed by atoms with Crippen LogP contribution in [0.5, 0.6) is 5.75 Å². The molecule has 0 bridgehead atoms. The zero-order valence-corrected chi connectivity index (χ0v) is 16.9. The smallest absolute Gasteiger partial charge is 0.118 e. The van der Waals surface area contributed by atoms with Crippen LogP contribution in [0.2, 0.25) is 10.0 Å². The lowest BCUT2D eigenvalue weighted by atomic mass is 9.93. The monoisotopic (exact) mass is 404 g/mol. The maximum absolute atomic E-state index is 6.07. The van der Waals surface area contributed by atoms with Gasteiger partial charge in [-0.15, -0.1) is 0 Å². The van der Waals surface area contributed by atoms with Crippen molar-refractivity contribution in [3.63, 3.8) is 0 Å². The zero-order chi connectivity index (χ0) is 19.9. The average molecular weight is 405 g/mol. The van der Waals surface area contributed by atoms with Gasteiger partial charge in [-0.25, -0.2) is 0 Å². The van der Waals surface area contributed by atoms with Crippen LogP contribution >= 0.6 is 23.2 Å². The molecular weight excluding hydrogens is 387 g/mol. The molecule has 0 fully saturated rings. The molecule has 0 spiro atoms. The Labute approximate surface area is 175 Å². The molecule has 138 valence electrons. The summed E-state index contributed by atoms with van der Waals surface area (Å²) in [4.78, 5) is 0. The van der Waals surface area contributed by atoms with Crippen molar-refractivity contribution in [2.24, 2.45) is 0 Å². The highest BCUT2D eigenvalue weighted by Crippen LogP contribution is 2.29. The molecule has 0 saturated heterocycles. The normalized spacial score (nSPS) is 9.82. The molecule has 0 heterocycles. The molecular formula is C25H18Cl2O. The highest BCUT2D eigenvalue weighted by Gasteiger charge is 2.09. The first kappa shape index (κ1) is 19.8. The molecule has 3 rings (SSSR count). The molecule has 3 aromatic carbocycles. The molecule has 0 amide bonds. The van der Waals surface area contributed by atoms with Crippen LogP contribution in [-0.2, 0) is 0 Å². The average Bonchev–Trinajstić information content (AvgIpc) is 2.73. The minimum Gasteiger partial charge on any atom is -0.497 e. The number of allylic oxidation sites excluding steroid dienone is 2. The van der Waals surface area contributed by atoms with E-state index in [1.54, 1.807) is 13.2 Å². The molecule has 0 aliphatic carbocycles. The van der Waals surface area contributed by atoms with E-state index in [-0.39, 0.29) is 0 Å². The molecule has 0 aromatic heterocycles.